The number of methoxy groups -OCH3 is 2. The Hall–Kier alpha value is -1.42. The van der Waals surface area contributed by atoms with Gasteiger partial charge in [0, 0.05) is 0 Å². The predicted molar refractivity (Wildman–Crippen MR) is 77.0 cm³/mol. The summed E-state index contributed by atoms with van der Waals surface area (Å²) in [5, 5.41) is 10.1. The van der Waals surface area contributed by atoms with Gasteiger partial charge in [0.25, 0.3) is 0 Å². The van der Waals surface area contributed by atoms with Crippen LogP contribution in [-0.2, 0) is 10.2 Å². The average Bonchev–Trinajstić information content (AvgIpc) is 2.47. The molecule has 1 aliphatic carbocycles. The summed E-state index contributed by atoms with van der Waals surface area (Å²) in [5.41, 5.74) is -0.279. The Labute approximate surface area is 123 Å². The molecule has 0 spiro atoms. The molecule has 0 atom stereocenters. The van der Waals surface area contributed by atoms with Crippen LogP contribution in [0.25, 0.3) is 0 Å². The Kier molecular flexibility index (Phi) is 4.43. The van der Waals surface area contributed by atoms with E-state index in [0.717, 1.165) is 19.3 Å². The molecular weight excluding hydrogens is 280 g/mol. The van der Waals surface area contributed by atoms with Crippen LogP contribution in [0.5, 0.6) is 11.5 Å². The van der Waals surface area contributed by atoms with Crippen molar-refractivity contribution >= 4 is 17.6 Å². The first-order chi connectivity index (χ1) is 9.56. The van der Waals surface area contributed by atoms with E-state index in [1.54, 1.807) is 12.1 Å². The van der Waals surface area contributed by atoms with Crippen molar-refractivity contribution in [1.82, 2.24) is 0 Å². The van der Waals surface area contributed by atoms with E-state index in [1.165, 1.54) is 14.2 Å². The molecule has 5 heteroatoms. The van der Waals surface area contributed by atoms with Crippen molar-refractivity contribution in [2.24, 2.45) is 0 Å². The molecule has 2 rings (SSSR count). The quantitative estimate of drug-likeness (QED) is 0.922. The highest BCUT2D eigenvalue weighted by Gasteiger charge is 2.43. The lowest BCUT2D eigenvalue weighted by Crippen LogP contribution is -2.38. The molecule has 0 bridgehead atoms. The zero-order valence-electron chi connectivity index (χ0n) is 11.7. The third-order valence-corrected chi connectivity index (χ3v) is 4.49. The predicted octanol–water partition coefficient (Wildman–Crippen LogP) is 3.64. The molecule has 0 amide bonds. The molecule has 0 heterocycles. The second-order valence-electron chi connectivity index (χ2n) is 5.11. The highest BCUT2D eigenvalue weighted by atomic mass is 35.5. The van der Waals surface area contributed by atoms with Gasteiger partial charge in [-0.15, -0.1) is 0 Å². The summed E-state index contributed by atoms with van der Waals surface area (Å²) in [5.74, 6) is 0.0989. The van der Waals surface area contributed by atoms with Gasteiger partial charge < -0.3 is 14.6 Å². The molecule has 1 saturated carbocycles. The molecule has 0 saturated heterocycles. The fourth-order valence-electron chi connectivity index (χ4n) is 3.01. The van der Waals surface area contributed by atoms with E-state index >= 15 is 0 Å². The van der Waals surface area contributed by atoms with Crippen molar-refractivity contribution in [2.75, 3.05) is 14.2 Å². The van der Waals surface area contributed by atoms with E-state index in [4.69, 9.17) is 21.1 Å². The monoisotopic (exact) mass is 298 g/mol. The number of rotatable bonds is 4. The lowest BCUT2D eigenvalue weighted by molar-refractivity contribution is -0.145. The third-order valence-electron chi connectivity index (χ3n) is 4.12. The molecule has 0 aliphatic heterocycles. The van der Waals surface area contributed by atoms with Gasteiger partial charge in [0.1, 0.15) is 0 Å². The average molecular weight is 299 g/mol. The first-order valence-electron chi connectivity index (χ1n) is 6.71. The summed E-state index contributed by atoms with van der Waals surface area (Å²) in [7, 11) is 3.03. The topological polar surface area (TPSA) is 55.8 Å². The van der Waals surface area contributed by atoms with Crippen molar-refractivity contribution in [3.63, 3.8) is 0 Å². The smallest absolute Gasteiger partial charge is 0.314 e. The van der Waals surface area contributed by atoms with Crippen LogP contribution in [0.1, 0.15) is 37.7 Å². The summed E-state index contributed by atoms with van der Waals surface area (Å²) in [4.78, 5) is 11.9. The van der Waals surface area contributed by atoms with Crippen LogP contribution in [0.3, 0.4) is 0 Å². The number of carbonyl (C=O) groups is 1. The largest absolute Gasteiger partial charge is 0.493 e. The summed E-state index contributed by atoms with van der Waals surface area (Å²) in [6, 6.07) is 3.47. The van der Waals surface area contributed by atoms with Crippen LogP contribution < -0.4 is 9.47 Å². The Morgan fingerprint density at radius 2 is 1.85 bits per heavy atom. The number of carboxylic acid groups (broad SMARTS) is 1. The maximum atomic E-state index is 11.9. The van der Waals surface area contributed by atoms with E-state index in [1.807, 2.05) is 0 Å². The molecule has 0 aromatic heterocycles. The van der Waals surface area contributed by atoms with Gasteiger partial charge in [-0.2, -0.15) is 0 Å². The van der Waals surface area contributed by atoms with Crippen LogP contribution in [0, 0.1) is 0 Å². The minimum atomic E-state index is -0.908. The maximum Gasteiger partial charge on any atom is 0.314 e. The van der Waals surface area contributed by atoms with Crippen molar-refractivity contribution in [1.29, 1.82) is 0 Å². The number of halogens is 1. The fraction of sp³-hybridized carbons (Fsp3) is 0.533. The number of ether oxygens (including phenoxy) is 2. The Bertz CT molecular complexity index is 507. The van der Waals surface area contributed by atoms with Gasteiger partial charge in [-0.1, -0.05) is 36.9 Å². The highest BCUT2D eigenvalue weighted by molar-refractivity contribution is 6.33. The molecule has 1 aromatic rings. The maximum absolute atomic E-state index is 11.9. The van der Waals surface area contributed by atoms with Crippen molar-refractivity contribution in [2.45, 2.75) is 37.5 Å². The molecule has 1 aliphatic rings. The van der Waals surface area contributed by atoms with Gasteiger partial charge in [0.15, 0.2) is 11.5 Å². The summed E-state index contributed by atoms with van der Waals surface area (Å²) in [6.45, 7) is 0. The van der Waals surface area contributed by atoms with Gasteiger partial charge in [-0.05, 0) is 24.5 Å². The van der Waals surface area contributed by atoms with Gasteiger partial charge >= 0.3 is 5.97 Å². The van der Waals surface area contributed by atoms with Crippen molar-refractivity contribution in [3.8, 4) is 11.5 Å². The van der Waals surface area contributed by atoms with Crippen LogP contribution >= 0.6 is 11.6 Å². The van der Waals surface area contributed by atoms with E-state index in [2.05, 4.69) is 0 Å². The fourth-order valence-corrected chi connectivity index (χ4v) is 3.43. The number of carboxylic acids is 1. The molecule has 4 nitrogen and oxygen atoms in total. The normalized spacial score (nSPS) is 17.6. The molecule has 0 unspecified atom stereocenters. The minimum absolute atomic E-state index is 0.344. The second kappa shape index (κ2) is 5.92. The zero-order chi connectivity index (χ0) is 14.8. The number of hydrogen-bond donors (Lipinski definition) is 1. The SMILES string of the molecule is COc1ccc(C2(C(=O)O)CCCCC2)c(Cl)c1OC. The highest BCUT2D eigenvalue weighted by Crippen LogP contribution is 2.47. The summed E-state index contributed by atoms with van der Waals surface area (Å²) in [6.07, 6.45) is 4.09. The van der Waals surface area contributed by atoms with Gasteiger partial charge in [0.2, 0.25) is 0 Å². The zero-order valence-corrected chi connectivity index (χ0v) is 12.5. The minimum Gasteiger partial charge on any atom is -0.493 e. The summed E-state index contributed by atoms with van der Waals surface area (Å²) < 4.78 is 10.5. The van der Waals surface area contributed by atoms with E-state index in [9.17, 15) is 9.90 Å². The Balaban J connectivity index is 2.57. The lowest BCUT2D eigenvalue weighted by atomic mass is 9.69. The molecule has 1 fully saturated rings. The third kappa shape index (κ3) is 2.33. The standard InChI is InChI=1S/C15H19ClO4/c1-19-11-7-6-10(12(16)13(11)20-2)15(14(17)18)8-4-3-5-9-15/h6-7H,3-5,8-9H2,1-2H3,(H,17,18). The van der Waals surface area contributed by atoms with Gasteiger partial charge in [0.05, 0.1) is 24.7 Å². The van der Waals surface area contributed by atoms with Gasteiger partial charge in [-0.25, -0.2) is 0 Å². The number of benzene rings is 1. The first-order valence-corrected chi connectivity index (χ1v) is 7.09. The van der Waals surface area contributed by atoms with E-state index < -0.39 is 11.4 Å². The first kappa shape index (κ1) is 15.0. The summed E-state index contributed by atoms with van der Waals surface area (Å²) >= 11 is 6.39. The molecule has 20 heavy (non-hydrogen) atoms. The molecule has 1 N–H and O–H groups in total. The van der Waals surface area contributed by atoms with Crippen LogP contribution in [0.4, 0.5) is 0 Å². The van der Waals surface area contributed by atoms with Gasteiger partial charge in [-0.3, -0.25) is 4.79 Å². The number of hydrogen-bond acceptors (Lipinski definition) is 3. The molecule has 110 valence electrons. The van der Waals surface area contributed by atoms with E-state index in [-0.39, 0.29) is 0 Å². The molecular formula is C15H19ClO4. The van der Waals surface area contributed by atoms with Crippen molar-refractivity contribution < 1.29 is 19.4 Å². The van der Waals surface area contributed by atoms with Crippen LogP contribution in [0.15, 0.2) is 12.1 Å². The Morgan fingerprint density at radius 1 is 1.20 bits per heavy atom. The van der Waals surface area contributed by atoms with Crippen LogP contribution in [0.2, 0.25) is 5.02 Å². The van der Waals surface area contributed by atoms with E-state index in [0.29, 0.717) is 34.9 Å². The van der Waals surface area contributed by atoms with Crippen LogP contribution in [-0.4, -0.2) is 25.3 Å². The second-order valence-corrected chi connectivity index (χ2v) is 5.49. The number of aliphatic carboxylic acids is 1. The molecule has 1 aromatic carbocycles. The van der Waals surface area contributed by atoms with Crippen molar-refractivity contribution in [3.05, 3.63) is 22.7 Å². The molecule has 0 radical (unpaired) electrons. The Morgan fingerprint density at radius 3 is 2.35 bits per heavy atom. The lowest BCUT2D eigenvalue weighted by Gasteiger charge is -2.34.